The van der Waals surface area contributed by atoms with Gasteiger partial charge >= 0.3 is 5.97 Å². The van der Waals surface area contributed by atoms with Crippen LogP contribution in [0.5, 0.6) is 0 Å². The van der Waals surface area contributed by atoms with Crippen molar-refractivity contribution in [1.82, 2.24) is 0 Å². The van der Waals surface area contributed by atoms with Crippen LogP contribution >= 0.6 is 11.3 Å². The van der Waals surface area contributed by atoms with Crippen molar-refractivity contribution >= 4 is 17.3 Å². The van der Waals surface area contributed by atoms with Crippen molar-refractivity contribution < 1.29 is 9.90 Å². The van der Waals surface area contributed by atoms with Gasteiger partial charge in [-0.2, -0.15) is 0 Å². The number of thiophene rings is 1. The number of hydrogen-bond donors (Lipinski definition) is 2. The summed E-state index contributed by atoms with van der Waals surface area (Å²) in [6.07, 6.45) is 0.601. The van der Waals surface area contributed by atoms with Crippen molar-refractivity contribution in [2.75, 3.05) is 0 Å². The number of carboxylic acids is 1. The summed E-state index contributed by atoms with van der Waals surface area (Å²) in [4.78, 5) is 11.8. The van der Waals surface area contributed by atoms with Crippen LogP contribution in [0.15, 0.2) is 11.4 Å². The fourth-order valence-electron chi connectivity index (χ4n) is 1.60. The van der Waals surface area contributed by atoms with E-state index in [1.807, 2.05) is 11.4 Å². The molecule has 64 valence electrons. The van der Waals surface area contributed by atoms with Crippen molar-refractivity contribution in [3.63, 3.8) is 0 Å². The third kappa shape index (κ3) is 0.956. The van der Waals surface area contributed by atoms with E-state index in [9.17, 15) is 4.79 Å². The molecule has 3 nitrogen and oxygen atoms in total. The first-order valence-corrected chi connectivity index (χ1v) is 4.63. The standard InChI is InChI=1S/C8H9NO2S/c9-7-4-1-2-12-6(4)3-5(7)8(10)11/h1-2,5,7H,3,9H2,(H,10,11)/t5-,7-/m1/s1. The number of fused-ring (bicyclic) bond motifs is 1. The Labute approximate surface area is 73.8 Å². The molecule has 2 atom stereocenters. The van der Waals surface area contributed by atoms with Gasteiger partial charge in [-0.1, -0.05) is 0 Å². The fraction of sp³-hybridized carbons (Fsp3) is 0.375. The van der Waals surface area contributed by atoms with E-state index in [0.717, 1.165) is 10.4 Å². The van der Waals surface area contributed by atoms with E-state index in [1.165, 1.54) is 0 Å². The maximum atomic E-state index is 10.7. The average molecular weight is 183 g/mol. The van der Waals surface area contributed by atoms with Gasteiger partial charge in [0.2, 0.25) is 0 Å². The molecule has 0 aromatic carbocycles. The van der Waals surface area contributed by atoms with Crippen LogP contribution in [-0.2, 0) is 11.2 Å². The smallest absolute Gasteiger partial charge is 0.308 e. The van der Waals surface area contributed by atoms with Gasteiger partial charge in [-0.05, 0) is 23.4 Å². The summed E-state index contributed by atoms with van der Waals surface area (Å²) in [6, 6.07) is 1.62. The Bertz CT molecular complexity index is 321. The molecule has 4 heteroatoms. The topological polar surface area (TPSA) is 63.3 Å². The Kier molecular flexibility index (Phi) is 1.66. The SMILES string of the molecule is N[C@@H]1c2ccsc2C[C@H]1C(=O)O. The van der Waals surface area contributed by atoms with E-state index < -0.39 is 11.9 Å². The Hall–Kier alpha value is -0.870. The lowest BCUT2D eigenvalue weighted by Crippen LogP contribution is -2.24. The molecule has 12 heavy (non-hydrogen) atoms. The summed E-state index contributed by atoms with van der Waals surface area (Å²) in [5.41, 5.74) is 6.78. The summed E-state index contributed by atoms with van der Waals surface area (Å²) in [6.45, 7) is 0. The zero-order chi connectivity index (χ0) is 8.72. The third-order valence-corrected chi connectivity index (χ3v) is 3.25. The molecule has 1 aromatic rings. The lowest BCUT2D eigenvalue weighted by Gasteiger charge is -2.09. The van der Waals surface area contributed by atoms with Gasteiger partial charge in [0, 0.05) is 10.9 Å². The van der Waals surface area contributed by atoms with Gasteiger partial charge in [-0.25, -0.2) is 0 Å². The molecule has 0 amide bonds. The van der Waals surface area contributed by atoms with Crippen LogP contribution in [0.2, 0.25) is 0 Å². The van der Waals surface area contributed by atoms with E-state index in [4.69, 9.17) is 10.8 Å². The molecule has 2 rings (SSSR count). The maximum Gasteiger partial charge on any atom is 0.308 e. The van der Waals surface area contributed by atoms with Crippen LogP contribution < -0.4 is 5.73 Å². The van der Waals surface area contributed by atoms with Crippen LogP contribution in [-0.4, -0.2) is 11.1 Å². The highest BCUT2D eigenvalue weighted by Crippen LogP contribution is 2.37. The van der Waals surface area contributed by atoms with Gasteiger partial charge in [0.15, 0.2) is 0 Å². The van der Waals surface area contributed by atoms with Crippen LogP contribution in [0, 0.1) is 5.92 Å². The molecule has 1 aliphatic carbocycles. The largest absolute Gasteiger partial charge is 0.481 e. The molecule has 0 unspecified atom stereocenters. The number of carbonyl (C=O) groups is 1. The molecular weight excluding hydrogens is 174 g/mol. The zero-order valence-electron chi connectivity index (χ0n) is 6.36. The van der Waals surface area contributed by atoms with Crippen molar-refractivity contribution in [2.24, 2.45) is 11.7 Å². The van der Waals surface area contributed by atoms with Crippen LogP contribution in [0.25, 0.3) is 0 Å². The molecule has 0 saturated carbocycles. The first kappa shape index (κ1) is 7.76. The molecule has 0 radical (unpaired) electrons. The molecule has 1 aliphatic rings. The van der Waals surface area contributed by atoms with E-state index in [0.29, 0.717) is 6.42 Å². The van der Waals surface area contributed by atoms with Gasteiger partial charge in [0.05, 0.1) is 5.92 Å². The predicted molar refractivity (Wildman–Crippen MR) is 46.1 cm³/mol. The molecule has 0 fully saturated rings. The summed E-state index contributed by atoms with van der Waals surface area (Å²) in [5.74, 6) is -1.20. The normalized spacial score (nSPS) is 27.1. The van der Waals surface area contributed by atoms with E-state index in [-0.39, 0.29) is 6.04 Å². The molecule has 0 aliphatic heterocycles. The predicted octanol–water partition coefficient (Wildman–Crippen LogP) is 1.00. The van der Waals surface area contributed by atoms with Crippen LogP contribution in [0.3, 0.4) is 0 Å². The summed E-state index contributed by atoms with van der Waals surface area (Å²) in [7, 11) is 0. The second kappa shape index (κ2) is 2.57. The van der Waals surface area contributed by atoms with Gasteiger partial charge in [0.25, 0.3) is 0 Å². The minimum absolute atomic E-state index is 0.302. The van der Waals surface area contributed by atoms with Crippen molar-refractivity contribution in [1.29, 1.82) is 0 Å². The minimum Gasteiger partial charge on any atom is -0.481 e. The van der Waals surface area contributed by atoms with Gasteiger partial charge in [0.1, 0.15) is 0 Å². The van der Waals surface area contributed by atoms with Crippen LogP contribution in [0.4, 0.5) is 0 Å². The van der Waals surface area contributed by atoms with E-state index in [2.05, 4.69) is 0 Å². The molecule has 0 bridgehead atoms. The summed E-state index contributed by atoms with van der Waals surface area (Å²) in [5, 5.41) is 10.8. The Morgan fingerprint density at radius 3 is 3.08 bits per heavy atom. The van der Waals surface area contributed by atoms with Crippen molar-refractivity contribution in [3.05, 3.63) is 21.9 Å². The molecule has 0 saturated heterocycles. The fourth-order valence-corrected chi connectivity index (χ4v) is 2.59. The number of aliphatic carboxylic acids is 1. The average Bonchev–Trinajstić information content (AvgIpc) is 2.53. The lowest BCUT2D eigenvalue weighted by molar-refractivity contribution is -0.142. The molecule has 3 N–H and O–H groups in total. The minimum atomic E-state index is -0.786. The second-order valence-electron chi connectivity index (χ2n) is 2.97. The Balaban J connectivity index is 2.32. The van der Waals surface area contributed by atoms with Crippen LogP contribution in [0.1, 0.15) is 16.5 Å². The molecule has 0 spiro atoms. The van der Waals surface area contributed by atoms with Gasteiger partial charge < -0.3 is 10.8 Å². The highest BCUT2D eigenvalue weighted by molar-refractivity contribution is 7.10. The van der Waals surface area contributed by atoms with E-state index in [1.54, 1.807) is 11.3 Å². The zero-order valence-corrected chi connectivity index (χ0v) is 7.17. The molecule has 1 heterocycles. The first-order chi connectivity index (χ1) is 5.70. The number of hydrogen-bond acceptors (Lipinski definition) is 3. The Morgan fingerprint density at radius 1 is 1.75 bits per heavy atom. The van der Waals surface area contributed by atoms with Crippen molar-refractivity contribution in [2.45, 2.75) is 12.5 Å². The molecule has 1 aromatic heterocycles. The highest BCUT2D eigenvalue weighted by atomic mass is 32.1. The second-order valence-corrected chi connectivity index (χ2v) is 3.97. The highest BCUT2D eigenvalue weighted by Gasteiger charge is 2.35. The van der Waals surface area contributed by atoms with Gasteiger partial charge in [-0.3, -0.25) is 4.79 Å². The third-order valence-electron chi connectivity index (χ3n) is 2.29. The maximum absolute atomic E-state index is 10.7. The monoisotopic (exact) mass is 183 g/mol. The quantitative estimate of drug-likeness (QED) is 0.682. The Morgan fingerprint density at radius 2 is 2.50 bits per heavy atom. The lowest BCUT2D eigenvalue weighted by atomic mass is 10.0. The first-order valence-electron chi connectivity index (χ1n) is 3.75. The van der Waals surface area contributed by atoms with Crippen molar-refractivity contribution in [3.8, 4) is 0 Å². The number of nitrogens with two attached hydrogens (primary N) is 1. The summed E-state index contributed by atoms with van der Waals surface area (Å²) < 4.78 is 0. The number of carboxylic acid groups (broad SMARTS) is 1. The molecular formula is C8H9NO2S. The summed E-state index contributed by atoms with van der Waals surface area (Å²) >= 11 is 1.59. The van der Waals surface area contributed by atoms with E-state index >= 15 is 0 Å². The number of rotatable bonds is 1. The van der Waals surface area contributed by atoms with Gasteiger partial charge in [-0.15, -0.1) is 11.3 Å².